The van der Waals surface area contributed by atoms with E-state index in [0.29, 0.717) is 24.5 Å². The van der Waals surface area contributed by atoms with Gasteiger partial charge < -0.3 is 0 Å². The van der Waals surface area contributed by atoms with Crippen LogP contribution in [0, 0.1) is 24.0 Å². The molecule has 2 rings (SSSR count). The Labute approximate surface area is 118 Å². The Morgan fingerprint density at radius 2 is 2.19 bits per heavy atom. The average Bonchev–Trinajstić information content (AvgIpc) is 3.00. The second-order valence-corrected chi connectivity index (χ2v) is 4.34. The number of nitrogens with one attached hydrogen (secondary N) is 1. The van der Waals surface area contributed by atoms with E-state index in [4.69, 9.17) is 5.84 Å². The number of rotatable bonds is 5. The third kappa shape index (κ3) is 2.86. The number of amides is 1. The van der Waals surface area contributed by atoms with Gasteiger partial charge in [0.25, 0.3) is 5.91 Å². The highest BCUT2D eigenvalue weighted by Crippen LogP contribution is 2.21. The van der Waals surface area contributed by atoms with Crippen molar-refractivity contribution in [3.8, 4) is 0 Å². The maximum Gasteiger partial charge on any atom is 0.312 e. The number of aromatic nitrogens is 5. The molecule has 1 amide bonds. The van der Waals surface area contributed by atoms with Crippen LogP contribution in [0.2, 0.25) is 0 Å². The lowest BCUT2D eigenvalue weighted by molar-refractivity contribution is -0.386. The molecule has 0 aliphatic heterocycles. The summed E-state index contributed by atoms with van der Waals surface area (Å²) in [6, 6.07) is 0. The van der Waals surface area contributed by atoms with Crippen LogP contribution in [0.5, 0.6) is 0 Å². The molecule has 11 heteroatoms. The highest BCUT2D eigenvalue weighted by Gasteiger charge is 2.21. The number of hydrogen-bond donors (Lipinski definition) is 2. The molecule has 0 fully saturated rings. The number of nitrogen functional groups attached to an aromatic ring is 1. The summed E-state index contributed by atoms with van der Waals surface area (Å²) >= 11 is 0. The van der Waals surface area contributed by atoms with E-state index in [9.17, 15) is 14.9 Å². The zero-order chi connectivity index (χ0) is 15.6. The minimum atomic E-state index is -0.539. The summed E-state index contributed by atoms with van der Waals surface area (Å²) in [6.07, 6.45) is 1.43. The monoisotopic (exact) mass is 294 g/mol. The maximum atomic E-state index is 11.2. The molecule has 112 valence electrons. The molecule has 3 N–H and O–H groups in total. The molecular weight excluding hydrogens is 280 g/mol. The van der Waals surface area contributed by atoms with Crippen LogP contribution >= 0.6 is 0 Å². The number of aryl methyl sites for hydroxylation is 3. The van der Waals surface area contributed by atoms with Crippen molar-refractivity contribution in [3.05, 3.63) is 33.4 Å². The van der Waals surface area contributed by atoms with Crippen LogP contribution in [-0.2, 0) is 13.1 Å². The molecule has 2 aromatic rings. The highest BCUT2D eigenvalue weighted by molar-refractivity contribution is 5.91. The first-order chi connectivity index (χ1) is 9.93. The van der Waals surface area contributed by atoms with Gasteiger partial charge in [-0.05, 0) is 13.8 Å². The molecule has 0 atom stereocenters. The first-order valence-corrected chi connectivity index (χ1v) is 6.03. The van der Waals surface area contributed by atoms with Gasteiger partial charge >= 0.3 is 5.69 Å². The molecule has 11 nitrogen and oxygen atoms in total. The van der Waals surface area contributed by atoms with Crippen molar-refractivity contribution in [1.29, 1.82) is 0 Å². The molecule has 0 saturated heterocycles. The Balaban J connectivity index is 2.10. The molecule has 0 aliphatic carbocycles. The molecule has 0 radical (unpaired) electrons. The van der Waals surface area contributed by atoms with Gasteiger partial charge in [0.1, 0.15) is 11.4 Å². The van der Waals surface area contributed by atoms with Crippen molar-refractivity contribution >= 4 is 11.6 Å². The zero-order valence-electron chi connectivity index (χ0n) is 11.5. The Morgan fingerprint density at radius 1 is 1.48 bits per heavy atom. The fourth-order valence-corrected chi connectivity index (χ4v) is 1.95. The standard InChI is InChI=1S/C10H14N8O3/c1-6-9(18(20)21)7(2)17(14-6)4-3-16-5-8(13-15-16)10(19)12-11/h5H,3-4,11H2,1-2H3,(H,12,19). The molecule has 0 saturated carbocycles. The Kier molecular flexibility index (Phi) is 3.93. The summed E-state index contributed by atoms with van der Waals surface area (Å²) < 4.78 is 2.96. The van der Waals surface area contributed by atoms with Crippen molar-refractivity contribution in [2.24, 2.45) is 5.84 Å². The molecule has 0 aromatic carbocycles. The van der Waals surface area contributed by atoms with Crippen LogP contribution in [0.15, 0.2) is 6.20 Å². The first kappa shape index (κ1) is 14.6. The lowest BCUT2D eigenvalue weighted by atomic mass is 10.3. The van der Waals surface area contributed by atoms with E-state index in [-0.39, 0.29) is 11.4 Å². The Morgan fingerprint density at radius 3 is 2.76 bits per heavy atom. The van der Waals surface area contributed by atoms with Gasteiger partial charge in [0.15, 0.2) is 5.69 Å². The summed E-state index contributed by atoms with van der Waals surface area (Å²) in [5.74, 6) is 4.45. The Bertz CT molecular complexity index is 689. The molecule has 0 bridgehead atoms. The summed E-state index contributed by atoms with van der Waals surface area (Å²) in [4.78, 5) is 21.7. The SMILES string of the molecule is Cc1nn(CCn2cc(C(=O)NN)nn2)c(C)c1[N+](=O)[O-]. The minimum absolute atomic E-state index is 0.0109. The van der Waals surface area contributed by atoms with Crippen molar-refractivity contribution < 1.29 is 9.72 Å². The van der Waals surface area contributed by atoms with E-state index in [1.807, 2.05) is 5.43 Å². The number of carbonyl (C=O) groups excluding carboxylic acids is 1. The number of carbonyl (C=O) groups is 1. The van der Waals surface area contributed by atoms with E-state index in [1.165, 1.54) is 15.6 Å². The van der Waals surface area contributed by atoms with Crippen molar-refractivity contribution in [2.75, 3.05) is 0 Å². The lowest BCUT2D eigenvalue weighted by Crippen LogP contribution is -2.30. The summed E-state index contributed by atoms with van der Waals surface area (Å²) in [5, 5.41) is 22.5. The number of nitrogens with zero attached hydrogens (tertiary/aromatic N) is 6. The van der Waals surface area contributed by atoms with Gasteiger partial charge in [0, 0.05) is 0 Å². The van der Waals surface area contributed by atoms with Gasteiger partial charge in [-0.2, -0.15) is 5.10 Å². The van der Waals surface area contributed by atoms with Gasteiger partial charge in [-0.15, -0.1) is 5.10 Å². The molecule has 2 aromatic heterocycles. The van der Waals surface area contributed by atoms with Gasteiger partial charge in [-0.3, -0.25) is 25.0 Å². The second kappa shape index (κ2) is 5.66. The zero-order valence-corrected chi connectivity index (χ0v) is 11.5. The minimum Gasteiger partial charge on any atom is -0.289 e. The van der Waals surface area contributed by atoms with Crippen LogP contribution in [0.25, 0.3) is 0 Å². The molecular formula is C10H14N8O3. The molecule has 21 heavy (non-hydrogen) atoms. The number of hydrazine groups is 1. The topological polar surface area (TPSA) is 147 Å². The quantitative estimate of drug-likeness (QED) is 0.321. The van der Waals surface area contributed by atoms with Crippen molar-refractivity contribution in [2.45, 2.75) is 26.9 Å². The van der Waals surface area contributed by atoms with Crippen molar-refractivity contribution in [3.63, 3.8) is 0 Å². The summed E-state index contributed by atoms with van der Waals surface area (Å²) in [7, 11) is 0. The van der Waals surface area contributed by atoms with Crippen LogP contribution in [0.4, 0.5) is 5.69 Å². The summed E-state index contributed by atoms with van der Waals surface area (Å²) in [5.41, 5.74) is 2.89. The van der Waals surface area contributed by atoms with Gasteiger partial charge in [-0.25, -0.2) is 10.5 Å². The van der Waals surface area contributed by atoms with E-state index in [1.54, 1.807) is 13.8 Å². The third-order valence-corrected chi connectivity index (χ3v) is 2.97. The molecule has 2 heterocycles. The first-order valence-electron chi connectivity index (χ1n) is 6.03. The Hall–Kier alpha value is -2.82. The van der Waals surface area contributed by atoms with Crippen molar-refractivity contribution in [1.82, 2.24) is 30.2 Å². The normalized spacial score (nSPS) is 10.6. The van der Waals surface area contributed by atoms with Crippen LogP contribution < -0.4 is 11.3 Å². The predicted molar refractivity (Wildman–Crippen MR) is 70.0 cm³/mol. The highest BCUT2D eigenvalue weighted by atomic mass is 16.6. The third-order valence-electron chi connectivity index (χ3n) is 2.97. The molecule has 0 spiro atoms. The van der Waals surface area contributed by atoms with Gasteiger partial charge in [-0.1, -0.05) is 5.21 Å². The molecule has 0 unspecified atom stereocenters. The van der Waals surface area contributed by atoms with E-state index in [0.717, 1.165) is 0 Å². The van der Waals surface area contributed by atoms with Crippen LogP contribution in [0.1, 0.15) is 21.9 Å². The van der Waals surface area contributed by atoms with Gasteiger partial charge in [0.2, 0.25) is 0 Å². The fraction of sp³-hybridized carbons (Fsp3) is 0.400. The van der Waals surface area contributed by atoms with E-state index in [2.05, 4.69) is 15.4 Å². The van der Waals surface area contributed by atoms with Crippen LogP contribution in [-0.4, -0.2) is 35.6 Å². The van der Waals surface area contributed by atoms with Crippen LogP contribution in [0.3, 0.4) is 0 Å². The van der Waals surface area contributed by atoms with Gasteiger partial charge in [0.05, 0.1) is 24.2 Å². The smallest absolute Gasteiger partial charge is 0.289 e. The maximum absolute atomic E-state index is 11.2. The second-order valence-electron chi connectivity index (χ2n) is 4.34. The number of nitrogens with two attached hydrogens (primary N) is 1. The van der Waals surface area contributed by atoms with E-state index < -0.39 is 10.8 Å². The van der Waals surface area contributed by atoms with E-state index >= 15 is 0 Å². The lowest BCUT2D eigenvalue weighted by Gasteiger charge is -2.03. The predicted octanol–water partition coefficient (Wildman–Crippen LogP) is -0.697. The summed E-state index contributed by atoms with van der Waals surface area (Å²) in [6.45, 7) is 3.95. The largest absolute Gasteiger partial charge is 0.312 e. The average molecular weight is 294 g/mol. The number of nitro groups is 1. The molecule has 0 aliphatic rings. The fourth-order valence-electron chi connectivity index (χ4n) is 1.95. The number of hydrogen-bond acceptors (Lipinski definition) is 7.